The van der Waals surface area contributed by atoms with E-state index in [0.29, 0.717) is 0 Å². The Morgan fingerprint density at radius 2 is 2.05 bits per heavy atom. The van der Waals surface area contributed by atoms with E-state index in [-0.39, 0.29) is 11.5 Å². The number of fused-ring (bicyclic) bond motifs is 1. The summed E-state index contributed by atoms with van der Waals surface area (Å²) in [7, 11) is 0. The quantitative estimate of drug-likeness (QED) is 0.861. The molecule has 20 heavy (non-hydrogen) atoms. The fraction of sp³-hybridized carbons (Fsp3) is 0.471. The Labute approximate surface area is 120 Å². The number of aryl methyl sites for hydroxylation is 2. The van der Waals surface area contributed by atoms with Crippen molar-refractivity contribution in [3.05, 3.63) is 47.0 Å². The van der Waals surface area contributed by atoms with Crippen LogP contribution in [0.5, 0.6) is 0 Å². The van der Waals surface area contributed by atoms with Gasteiger partial charge in [-0.3, -0.25) is 4.98 Å². The summed E-state index contributed by atoms with van der Waals surface area (Å²) in [5.41, 5.74) is 12.8. The summed E-state index contributed by atoms with van der Waals surface area (Å²) < 4.78 is 2.35. The third kappa shape index (κ3) is 2.16. The van der Waals surface area contributed by atoms with Crippen LogP contribution in [-0.2, 0) is 6.42 Å². The maximum Gasteiger partial charge on any atom is 0.0488 e. The number of rotatable bonds is 1. The van der Waals surface area contributed by atoms with Gasteiger partial charge in [-0.25, -0.2) is 0 Å². The van der Waals surface area contributed by atoms with Gasteiger partial charge < -0.3 is 10.3 Å². The van der Waals surface area contributed by atoms with E-state index < -0.39 is 0 Å². The molecule has 1 aliphatic rings. The molecule has 0 bridgehead atoms. The van der Waals surface area contributed by atoms with Crippen LogP contribution in [-0.4, -0.2) is 9.55 Å². The van der Waals surface area contributed by atoms with Crippen molar-refractivity contribution in [3.63, 3.8) is 0 Å². The fourth-order valence-electron chi connectivity index (χ4n) is 3.48. The average Bonchev–Trinajstić information content (AvgIpc) is 2.64. The molecule has 2 heterocycles. The van der Waals surface area contributed by atoms with E-state index in [0.717, 1.165) is 18.5 Å². The zero-order valence-electron chi connectivity index (χ0n) is 12.8. The Balaban J connectivity index is 2.19. The lowest BCUT2D eigenvalue weighted by molar-refractivity contribution is 0.278. The topological polar surface area (TPSA) is 43.8 Å². The Bertz CT molecular complexity index is 652. The van der Waals surface area contributed by atoms with Crippen LogP contribution in [0.15, 0.2) is 24.4 Å². The second kappa shape index (κ2) is 4.45. The van der Waals surface area contributed by atoms with Crippen LogP contribution >= 0.6 is 0 Å². The molecule has 1 aliphatic carbocycles. The molecule has 0 saturated carbocycles. The largest absolute Gasteiger partial charge is 0.324 e. The number of aromatic nitrogens is 2. The summed E-state index contributed by atoms with van der Waals surface area (Å²) in [6.07, 6.45) is 4.01. The van der Waals surface area contributed by atoms with E-state index >= 15 is 0 Å². The summed E-state index contributed by atoms with van der Waals surface area (Å²) in [4.78, 5) is 4.30. The van der Waals surface area contributed by atoms with Crippen molar-refractivity contribution in [2.45, 2.75) is 46.6 Å². The predicted octanol–water partition coefficient (Wildman–Crippen LogP) is 3.46. The first-order chi connectivity index (χ1) is 9.37. The van der Waals surface area contributed by atoms with Crippen molar-refractivity contribution in [1.82, 2.24) is 9.55 Å². The monoisotopic (exact) mass is 269 g/mol. The Kier molecular flexibility index (Phi) is 2.98. The highest BCUT2D eigenvalue weighted by molar-refractivity contribution is 5.44. The molecule has 0 saturated heterocycles. The highest BCUT2D eigenvalue weighted by Gasteiger charge is 2.33. The molecular formula is C17H23N3. The predicted molar refractivity (Wildman–Crippen MR) is 82.1 cm³/mol. The van der Waals surface area contributed by atoms with Gasteiger partial charge in [-0.1, -0.05) is 13.8 Å². The standard InChI is InChI=1S/C17H23N3/c1-11-7-13(5-6-19-11)20-12(2)8-14-15(18)9-17(3,4)10-16(14)20/h5-8,15H,9-10,18H2,1-4H3. The normalized spacial score (nSPS) is 20.8. The minimum absolute atomic E-state index is 0.150. The lowest BCUT2D eigenvalue weighted by Crippen LogP contribution is -2.30. The molecule has 2 N–H and O–H groups in total. The van der Waals surface area contributed by atoms with Crippen LogP contribution in [0.3, 0.4) is 0 Å². The van der Waals surface area contributed by atoms with Crippen molar-refractivity contribution < 1.29 is 0 Å². The number of nitrogens with two attached hydrogens (primary N) is 1. The van der Waals surface area contributed by atoms with Gasteiger partial charge in [-0.05, 0) is 55.9 Å². The van der Waals surface area contributed by atoms with Gasteiger partial charge in [0.25, 0.3) is 0 Å². The fourth-order valence-corrected chi connectivity index (χ4v) is 3.48. The minimum Gasteiger partial charge on any atom is -0.324 e. The molecule has 0 aromatic carbocycles. The first-order valence-electron chi connectivity index (χ1n) is 7.27. The molecule has 0 spiro atoms. The maximum absolute atomic E-state index is 6.39. The van der Waals surface area contributed by atoms with Gasteiger partial charge in [-0.2, -0.15) is 0 Å². The zero-order valence-corrected chi connectivity index (χ0v) is 12.8. The van der Waals surface area contributed by atoms with Crippen molar-refractivity contribution in [3.8, 4) is 5.69 Å². The molecule has 0 amide bonds. The summed E-state index contributed by atoms with van der Waals surface area (Å²) >= 11 is 0. The van der Waals surface area contributed by atoms with E-state index in [9.17, 15) is 0 Å². The second-order valence-corrected chi connectivity index (χ2v) is 6.83. The second-order valence-electron chi connectivity index (χ2n) is 6.83. The van der Waals surface area contributed by atoms with E-state index in [4.69, 9.17) is 5.73 Å². The third-order valence-corrected chi connectivity index (χ3v) is 4.28. The lowest BCUT2D eigenvalue weighted by Gasteiger charge is -2.34. The molecule has 2 aromatic rings. The van der Waals surface area contributed by atoms with Crippen LogP contribution in [0.2, 0.25) is 0 Å². The lowest BCUT2D eigenvalue weighted by atomic mass is 9.74. The van der Waals surface area contributed by atoms with Gasteiger partial charge in [-0.15, -0.1) is 0 Å². The summed E-state index contributed by atoms with van der Waals surface area (Å²) in [5.74, 6) is 0. The van der Waals surface area contributed by atoms with Crippen LogP contribution in [0, 0.1) is 19.3 Å². The van der Waals surface area contributed by atoms with Crippen LogP contribution < -0.4 is 5.73 Å². The van der Waals surface area contributed by atoms with E-state index in [1.54, 1.807) is 0 Å². The Hall–Kier alpha value is -1.61. The van der Waals surface area contributed by atoms with Gasteiger partial charge >= 0.3 is 0 Å². The third-order valence-electron chi connectivity index (χ3n) is 4.28. The number of hydrogen-bond acceptors (Lipinski definition) is 2. The molecule has 3 heteroatoms. The molecule has 0 aliphatic heterocycles. The van der Waals surface area contributed by atoms with E-state index in [1.807, 2.05) is 13.1 Å². The van der Waals surface area contributed by atoms with Crippen molar-refractivity contribution in [1.29, 1.82) is 0 Å². The number of pyridine rings is 1. The van der Waals surface area contributed by atoms with Crippen LogP contribution in [0.1, 0.15) is 49.0 Å². The van der Waals surface area contributed by atoms with Crippen molar-refractivity contribution >= 4 is 0 Å². The first kappa shape index (κ1) is 13.4. The average molecular weight is 269 g/mol. The molecule has 3 rings (SSSR count). The first-order valence-corrected chi connectivity index (χ1v) is 7.27. The SMILES string of the molecule is Cc1cc(-n2c(C)cc3c2CC(C)(C)CC3N)ccn1. The van der Waals surface area contributed by atoms with Gasteiger partial charge in [0.1, 0.15) is 0 Å². The molecule has 2 aromatic heterocycles. The maximum atomic E-state index is 6.39. The molecular weight excluding hydrogens is 246 g/mol. The Morgan fingerprint density at radius 3 is 2.75 bits per heavy atom. The van der Waals surface area contributed by atoms with E-state index in [1.165, 1.54) is 22.6 Å². The summed E-state index contributed by atoms with van der Waals surface area (Å²) in [6.45, 7) is 8.80. The minimum atomic E-state index is 0.150. The Morgan fingerprint density at radius 1 is 1.30 bits per heavy atom. The summed E-state index contributed by atoms with van der Waals surface area (Å²) in [6, 6.07) is 6.62. The van der Waals surface area contributed by atoms with E-state index in [2.05, 4.69) is 48.5 Å². The number of hydrogen-bond donors (Lipinski definition) is 1. The smallest absolute Gasteiger partial charge is 0.0488 e. The molecule has 3 nitrogen and oxygen atoms in total. The van der Waals surface area contributed by atoms with Crippen LogP contribution in [0.4, 0.5) is 0 Å². The molecule has 1 atom stereocenters. The van der Waals surface area contributed by atoms with Gasteiger partial charge in [0.15, 0.2) is 0 Å². The van der Waals surface area contributed by atoms with Crippen molar-refractivity contribution in [2.24, 2.45) is 11.1 Å². The van der Waals surface area contributed by atoms with Gasteiger partial charge in [0, 0.05) is 35.0 Å². The number of nitrogens with zero attached hydrogens (tertiary/aromatic N) is 2. The van der Waals surface area contributed by atoms with Gasteiger partial charge in [0.2, 0.25) is 0 Å². The molecule has 1 unspecified atom stereocenters. The van der Waals surface area contributed by atoms with Crippen LogP contribution in [0.25, 0.3) is 5.69 Å². The summed E-state index contributed by atoms with van der Waals surface area (Å²) in [5, 5.41) is 0. The zero-order chi connectivity index (χ0) is 14.5. The highest BCUT2D eigenvalue weighted by atomic mass is 15.0. The molecule has 0 fully saturated rings. The molecule has 106 valence electrons. The van der Waals surface area contributed by atoms with Crippen molar-refractivity contribution in [2.75, 3.05) is 0 Å². The molecule has 0 radical (unpaired) electrons. The van der Waals surface area contributed by atoms with Gasteiger partial charge in [0.05, 0.1) is 0 Å². The highest BCUT2D eigenvalue weighted by Crippen LogP contribution is 2.41.